The van der Waals surface area contributed by atoms with E-state index in [4.69, 9.17) is 14.2 Å². The molecular formula is C60H104O6. The zero-order valence-electron chi connectivity index (χ0n) is 43.4. The number of allylic oxidation sites excluding steroid dienone is 12. The molecule has 0 aliphatic carbocycles. The number of rotatable bonds is 50. The fourth-order valence-electron chi connectivity index (χ4n) is 7.72. The molecule has 66 heavy (non-hydrogen) atoms. The first-order valence-electron chi connectivity index (χ1n) is 27.9. The van der Waals surface area contributed by atoms with Crippen molar-refractivity contribution >= 4 is 17.9 Å². The molecular weight excluding hydrogens is 817 g/mol. The molecule has 0 fully saturated rings. The van der Waals surface area contributed by atoms with Crippen molar-refractivity contribution in [2.45, 2.75) is 277 Å². The van der Waals surface area contributed by atoms with E-state index in [-0.39, 0.29) is 31.1 Å². The minimum atomic E-state index is -0.798. The Morgan fingerprint density at radius 1 is 0.318 bits per heavy atom. The number of unbranched alkanes of at least 4 members (excludes halogenated alkanes) is 27. The van der Waals surface area contributed by atoms with Crippen LogP contribution in [0, 0.1) is 0 Å². The Bertz CT molecular complexity index is 1240. The molecule has 0 aliphatic heterocycles. The van der Waals surface area contributed by atoms with Gasteiger partial charge in [0.15, 0.2) is 6.10 Å². The van der Waals surface area contributed by atoms with E-state index < -0.39 is 6.10 Å². The fourth-order valence-corrected chi connectivity index (χ4v) is 7.72. The van der Waals surface area contributed by atoms with Crippen LogP contribution in [-0.4, -0.2) is 37.2 Å². The van der Waals surface area contributed by atoms with E-state index in [1.165, 1.54) is 135 Å². The van der Waals surface area contributed by atoms with E-state index in [2.05, 4.69) is 93.7 Å². The van der Waals surface area contributed by atoms with Gasteiger partial charge in [0.1, 0.15) is 13.2 Å². The summed E-state index contributed by atoms with van der Waals surface area (Å²) in [6.07, 6.45) is 68.9. The number of carbonyl (C=O) groups excluding carboxylic acids is 3. The second-order valence-electron chi connectivity index (χ2n) is 18.5. The highest BCUT2D eigenvalue weighted by atomic mass is 16.6. The summed E-state index contributed by atoms with van der Waals surface area (Å²) in [5.41, 5.74) is 0. The van der Waals surface area contributed by atoms with Gasteiger partial charge in [-0.1, -0.05) is 216 Å². The summed E-state index contributed by atoms with van der Waals surface area (Å²) in [6.45, 7) is 6.49. The van der Waals surface area contributed by atoms with Gasteiger partial charge in [-0.3, -0.25) is 14.4 Å². The molecule has 1 atom stereocenters. The quantitative estimate of drug-likeness (QED) is 0.0262. The summed E-state index contributed by atoms with van der Waals surface area (Å²) in [7, 11) is 0. The minimum absolute atomic E-state index is 0.0937. The molecule has 0 radical (unpaired) electrons. The van der Waals surface area contributed by atoms with Crippen LogP contribution < -0.4 is 0 Å². The molecule has 0 aromatic carbocycles. The molecule has 6 nitrogen and oxygen atoms in total. The summed E-state index contributed by atoms with van der Waals surface area (Å²) in [5.74, 6) is -0.943. The Hall–Kier alpha value is -3.15. The molecule has 0 heterocycles. The van der Waals surface area contributed by atoms with E-state index in [1.54, 1.807) is 0 Å². The fraction of sp³-hybridized carbons (Fsp3) is 0.750. The molecule has 0 saturated heterocycles. The summed E-state index contributed by atoms with van der Waals surface area (Å²) in [6, 6.07) is 0. The van der Waals surface area contributed by atoms with Gasteiger partial charge in [-0.25, -0.2) is 0 Å². The van der Waals surface area contributed by atoms with Gasteiger partial charge in [-0.2, -0.15) is 0 Å². The molecule has 0 aromatic rings. The van der Waals surface area contributed by atoms with Crippen molar-refractivity contribution in [1.82, 2.24) is 0 Å². The zero-order valence-corrected chi connectivity index (χ0v) is 43.4. The third-order valence-electron chi connectivity index (χ3n) is 11.9. The van der Waals surface area contributed by atoms with Crippen LogP contribution in [0.1, 0.15) is 271 Å². The number of ether oxygens (including phenoxy) is 3. The molecule has 0 rings (SSSR count). The van der Waals surface area contributed by atoms with Crippen molar-refractivity contribution < 1.29 is 28.6 Å². The Morgan fingerprint density at radius 3 is 0.970 bits per heavy atom. The normalized spacial score (nSPS) is 12.6. The minimum Gasteiger partial charge on any atom is -0.462 e. The van der Waals surface area contributed by atoms with Crippen molar-refractivity contribution in [3.05, 3.63) is 72.9 Å². The Balaban J connectivity index is 4.45. The molecule has 0 unspecified atom stereocenters. The lowest BCUT2D eigenvalue weighted by molar-refractivity contribution is -0.167. The largest absolute Gasteiger partial charge is 0.462 e. The molecule has 0 spiro atoms. The molecule has 0 aromatic heterocycles. The van der Waals surface area contributed by atoms with Crippen molar-refractivity contribution in [2.24, 2.45) is 0 Å². The molecule has 380 valence electrons. The van der Waals surface area contributed by atoms with Crippen LogP contribution in [0.4, 0.5) is 0 Å². The second kappa shape index (κ2) is 54.5. The summed E-state index contributed by atoms with van der Waals surface area (Å²) < 4.78 is 16.8. The average molecular weight is 921 g/mol. The van der Waals surface area contributed by atoms with Gasteiger partial charge in [0.2, 0.25) is 0 Å². The van der Waals surface area contributed by atoms with Gasteiger partial charge >= 0.3 is 17.9 Å². The zero-order chi connectivity index (χ0) is 47.9. The first kappa shape index (κ1) is 62.8. The monoisotopic (exact) mass is 921 g/mol. The second-order valence-corrected chi connectivity index (χ2v) is 18.5. The molecule has 0 bridgehead atoms. The van der Waals surface area contributed by atoms with Crippen molar-refractivity contribution in [1.29, 1.82) is 0 Å². The van der Waals surface area contributed by atoms with Crippen LogP contribution in [0.3, 0.4) is 0 Å². The maximum atomic E-state index is 12.8. The number of hydrogen-bond acceptors (Lipinski definition) is 6. The van der Waals surface area contributed by atoms with Crippen molar-refractivity contribution in [2.75, 3.05) is 13.2 Å². The summed E-state index contributed by atoms with van der Waals surface area (Å²) in [4.78, 5) is 38.1. The molecule has 6 heteroatoms. The van der Waals surface area contributed by atoms with Gasteiger partial charge in [-0.15, -0.1) is 0 Å². The van der Waals surface area contributed by atoms with E-state index in [0.29, 0.717) is 19.3 Å². The van der Waals surface area contributed by atoms with Crippen LogP contribution in [0.15, 0.2) is 72.9 Å². The first-order chi connectivity index (χ1) is 32.5. The predicted octanol–water partition coefficient (Wildman–Crippen LogP) is 18.6. The van der Waals surface area contributed by atoms with Gasteiger partial charge in [0.05, 0.1) is 0 Å². The molecule has 0 saturated carbocycles. The summed E-state index contributed by atoms with van der Waals surface area (Å²) in [5, 5.41) is 0. The summed E-state index contributed by atoms with van der Waals surface area (Å²) >= 11 is 0. The van der Waals surface area contributed by atoms with Crippen molar-refractivity contribution in [3.63, 3.8) is 0 Å². The Morgan fingerprint density at radius 2 is 0.591 bits per heavy atom. The highest BCUT2D eigenvalue weighted by Crippen LogP contribution is 2.14. The van der Waals surface area contributed by atoms with Gasteiger partial charge < -0.3 is 14.2 Å². The SMILES string of the molecule is CC/C=C\C/C=C\C/C=C\C/C=C\CCCCC(=O)OC[C@H](COC(=O)CCCCCCCCC/C=C\CCCCCCCC)OC(=O)CCCCCCC/C=C\CCCCCCCCC. The van der Waals surface area contributed by atoms with Crippen LogP contribution in [-0.2, 0) is 28.6 Å². The van der Waals surface area contributed by atoms with E-state index in [9.17, 15) is 14.4 Å². The maximum absolute atomic E-state index is 12.8. The van der Waals surface area contributed by atoms with Crippen molar-refractivity contribution in [3.8, 4) is 0 Å². The smallest absolute Gasteiger partial charge is 0.306 e. The van der Waals surface area contributed by atoms with Gasteiger partial charge in [0.25, 0.3) is 0 Å². The van der Waals surface area contributed by atoms with E-state index in [0.717, 1.165) is 96.3 Å². The third-order valence-corrected chi connectivity index (χ3v) is 11.9. The van der Waals surface area contributed by atoms with Crippen LogP contribution in [0.25, 0.3) is 0 Å². The molecule has 0 N–H and O–H groups in total. The number of esters is 3. The number of carbonyl (C=O) groups is 3. The highest BCUT2D eigenvalue weighted by Gasteiger charge is 2.19. The highest BCUT2D eigenvalue weighted by molar-refractivity contribution is 5.71. The van der Waals surface area contributed by atoms with Crippen LogP contribution >= 0.6 is 0 Å². The predicted molar refractivity (Wildman–Crippen MR) is 284 cm³/mol. The lowest BCUT2D eigenvalue weighted by Gasteiger charge is -2.18. The van der Waals surface area contributed by atoms with E-state index in [1.807, 2.05) is 0 Å². The lowest BCUT2D eigenvalue weighted by Crippen LogP contribution is -2.30. The number of hydrogen-bond donors (Lipinski definition) is 0. The Kier molecular flexibility index (Phi) is 51.9. The van der Waals surface area contributed by atoms with Crippen LogP contribution in [0.5, 0.6) is 0 Å². The van der Waals surface area contributed by atoms with Crippen LogP contribution in [0.2, 0.25) is 0 Å². The molecule has 0 aliphatic rings. The average Bonchev–Trinajstić information content (AvgIpc) is 3.31. The van der Waals surface area contributed by atoms with Gasteiger partial charge in [-0.05, 0) is 109 Å². The third kappa shape index (κ3) is 51.8. The lowest BCUT2D eigenvalue weighted by atomic mass is 10.1. The van der Waals surface area contributed by atoms with E-state index >= 15 is 0 Å². The Labute approximate surface area is 408 Å². The van der Waals surface area contributed by atoms with Gasteiger partial charge in [0, 0.05) is 19.3 Å². The molecule has 0 amide bonds. The maximum Gasteiger partial charge on any atom is 0.306 e. The standard InChI is InChI=1S/C60H104O6/c1-4-7-10-13-16-19-22-25-28-30-33-35-38-41-44-47-50-53-59(62)65-56-57(55-64-58(61)52-49-46-43-40-37-34-31-27-24-21-18-15-12-9-6-3)66-60(63)54-51-48-45-42-39-36-32-29-26-23-20-17-14-11-8-5-2/h9,12,18,21,25,27-29,31-32,37,40,57H,4-8,10-11,13-17,19-20,22-24,26,30,33-36,38-39,41-56H2,1-3H3/b12-9-,21-18-,28-25-,31-27-,32-29-,40-37-/t57-/m1/s1. The first-order valence-corrected chi connectivity index (χ1v) is 27.9. The topological polar surface area (TPSA) is 78.9 Å².